The Kier molecular flexibility index (Phi) is 2.92. The van der Waals surface area contributed by atoms with E-state index in [-0.39, 0.29) is 11.3 Å². The second-order valence-electron chi connectivity index (χ2n) is 3.05. The van der Waals surface area contributed by atoms with Gasteiger partial charge in [-0.2, -0.15) is 0 Å². The molecule has 0 aliphatic carbocycles. The Morgan fingerprint density at radius 3 is 2.69 bits per heavy atom. The number of carbonyl (C=O) groups excluding carboxylic acids is 1. The monoisotopic (exact) mass is 236 g/mol. The summed E-state index contributed by atoms with van der Waals surface area (Å²) in [5, 5.41) is 0.423. The van der Waals surface area contributed by atoms with Crippen LogP contribution in [0.5, 0.6) is 0 Å². The maximum Gasteiger partial charge on any atom is 0.214 e. The molecule has 0 unspecified atom stereocenters. The lowest BCUT2D eigenvalue weighted by Gasteiger charge is -2.00. The van der Waals surface area contributed by atoms with Gasteiger partial charge in [-0.1, -0.05) is 11.6 Å². The van der Waals surface area contributed by atoms with E-state index in [1.165, 1.54) is 30.6 Å². The molecule has 0 saturated carbocycles. The topological polar surface area (TPSA) is 42.9 Å². The molecule has 2 aromatic rings. The third-order valence-corrected chi connectivity index (χ3v) is 2.20. The minimum absolute atomic E-state index is 0.0511. The van der Waals surface area contributed by atoms with Crippen LogP contribution < -0.4 is 0 Å². The highest BCUT2D eigenvalue weighted by Gasteiger charge is 2.14. The van der Waals surface area contributed by atoms with E-state index in [9.17, 15) is 9.18 Å². The zero-order valence-corrected chi connectivity index (χ0v) is 8.78. The number of pyridine rings is 2. The molecule has 2 rings (SSSR count). The summed E-state index contributed by atoms with van der Waals surface area (Å²) in [7, 11) is 0. The Hall–Kier alpha value is -1.81. The molecule has 0 aliphatic heterocycles. The highest BCUT2D eigenvalue weighted by Crippen LogP contribution is 2.12. The van der Waals surface area contributed by atoms with Crippen LogP contribution in [0.15, 0.2) is 36.8 Å². The van der Waals surface area contributed by atoms with E-state index in [1.807, 2.05) is 0 Å². The van der Waals surface area contributed by atoms with Crippen LogP contribution in [0.1, 0.15) is 16.1 Å². The molecular formula is C11H6ClFN2O. The van der Waals surface area contributed by atoms with Crippen molar-refractivity contribution in [1.82, 2.24) is 9.97 Å². The summed E-state index contributed by atoms with van der Waals surface area (Å²) in [6.45, 7) is 0. The van der Waals surface area contributed by atoms with Gasteiger partial charge in [-0.05, 0) is 18.2 Å². The molecule has 0 N–H and O–H groups in total. The summed E-state index contributed by atoms with van der Waals surface area (Å²) in [6.07, 6.45) is 3.68. The van der Waals surface area contributed by atoms with Crippen molar-refractivity contribution in [2.75, 3.05) is 0 Å². The highest BCUT2D eigenvalue weighted by molar-refractivity contribution is 6.30. The fourth-order valence-corrected chi connectivity index (χ4v) is 1.32. The number of halogens is 2. The van der Waals surface area contributed by atoms with Gasteiger partial charge in [0, 0.05) is 12.4 Å². The van der Waals surface area contributed by atoms with Crippen molar-refractivity contribution in [3.63, 3.8) is 0 Å². The highest BCUT2D eigenvalue weighted by atomic mass is 35.5. The predicted molar refractivity (Wildman–Crippen MR) is 56.9 cm³/mol. The molecule has 2 heterocycles. The molecule has 80 valence electrons. The zero-order chi connectivity index (χ0) is 11.5. The van der Waals surface area contributed by atoms with Gasteiger partial charge in [0.15, 0.2) is 5.82 Å². The average molecular weight is 237 g/mol. The minimum atomic E-state index is -0.663. The van der Waals surface area contributed by atoms with Gasteiger partial charge in [-0.25, -0.2) is 4.39 Å². The van der Waals surface area contributed by atoms with E-state index in [4.69, 9.17) is 11.6 Å². The van der Waals surface area contributed by atoms with E-state index in [1.54, 1.807) is 0 Å². The Morgan fingerprint density at radius 2 is 2.06 bits per heavy atom. The quantitative estimate of drug-likeness (QED) is 0.753. The second kappa shape index (κ2) is 4.37. The number of rotatable bonds is 2. The molecule has 0 aromatic carbocycles. The van der Waals surface area contributed by atoms with Gasteiger partial charge >= 0.3 is 0 Å². The Labute approximate surface area is 95.9 Å². The molecule has 3 nitrogen and oxygen atoms in total. The molecule has 0 saturated heterocycles. The molecule has 0 amide bonds. The molecule has 0 fully saturated rings. The number of aromatic nitrogens is 2. The van der Waals surface area contributed by atoms with Gasteiger partial charge in [0.1, 0.15) is 5.69 Å². The first-order chi connectivity index (χ1) is 7.68. The van der Waals surface area contributed by atoms with Gasteiger partial charge in [0.25, 0.3) is 0 Å². The van der Waals surface area contributed by atoms with E-state index in [2.05, 4.69) is 9.97 Å². The number of hydrogen-bond acceptors (Lipinski definition) is 3. The van der Waals surface area contributed by atoms with Crippen molar-refractivity contribution in [1.29, 1.82) is 0 Å². The van der Waals surface area contributed by atoms with Crippen molar-refractivity contribution in [2.45, 2.75) is 0 Å². The first kappa shape index (κ1) is 10.7. The summed E-state index contributed by atoms with van der Waals surface area (Å²) >= 11 is 5.64. The van der Waals surface area contributed by atoms with E-state index in [0.29, 0.717) is 5.02 Å². The maximum atomic E-state index is 13.3. The molecule has 5 heteroatoms. The van der Waals surface area contributed by atoms with Crippen LogP contribution in [-0.4, -0.2) is 15.8 Å². The normalized spacial score (nSPS) is 10.1. The Balaban J connectivity index is 2.40. The molecule has 0 radical (unpaired) electrons. The first-order valence-electron chi connectivity index (χ1n) is 4.44. The third-order valence-electron chi connectivity index (χ3n) is 1.98. The first-order valence-corrected chi connectivity index (χ1v) is 4.82. The van der Waals surface area contributed by atoms with Crippen LogP contribution in [0.25, 0.3) is 0 Å². The minimum Gasteiger partial charge on any atom is -0.287 e. The predicted octanol–water partition coefficient (Wildman–Crippen LogP) is 2.50. The second-order valence-corrected chi connectivity index (χ2v) is 3.48. The smallest absolute Gasteiger partial charge is 0.214 e. The van der Waals surface area contributed by atoms with E-state index < -0.39 is 11.6 Å². The number of nitrogens with zero attached hydrogens (tertiary/aromatic N) is 2. The number of carbonyl (C=O) groups is 1. The van der Waals surface area contributed by atoms with Crippen LogP contribution in [0.4, 0.5) is 4.39 Å². The van der Waals surface area contributed by atoms with Gasteiger partial charge in [-0.3, -0.25) is 14.8 Å². The van der Waals surface area contributed by atoms with Gasteiger partial charge in [0.05, 0.1) is 16.8 Å². The van der Waals surface area contributed by atoms with Crippen molar-refractivity contribution in [3.8, 4) is 0 Å². The van der Waals surface area contributed by atoms with Crippen molar-refractivity contribution in [2.24, 2.45) is 0 Å². The summed E-state index contributed by atoms with van der Waals surface area (Å²) in [6, 6.07) is 4.29. The zero-order valence-electron chi connectivity index (χ0n) is 8.02. The van der Waals surface area contributed by atoms with Gasteiger partial charge in [0.2, 0.25) is 5.78 Å². The standard InChI is InChI=1S/C11H6ClFN2O/c12-7-1-2-10(15-5-7)11(16)8-3-4-14-6-9(8)13/h1-6H. The Bertz CT molecular complexity index is 528. The SMILES string of the molecule is O=C(c1ccc(Cl)cn1)c1ccncc1F. The van der Waals surface area contributed by atoms with Crippen molar-refractivity contribution in [3.05, 3.63) is 58.9 Å². The molecule has 0 aliphatic rings. The largest absolute Gasteiger partial charge is 0.287 e. The average Bonchev–Trinajstić information content (AvgIpc) is 2.30. The lowest BCUT2D eigenvalue weighted by molar-refractivity contribution is 0.103. The molecule has 0 bridgehead atoms. The third kappa shape index (κ3) is 2.06. The van der Waals surface area contributed by atoms with Crippen LogP contribution in [0.2, 0.25) is 5.02 Å². The summed E-state index contributed by atoms with van der Waals surface area (Å²) in [5.41, 5.74) is 0.0966. The summed E-state index contributed by atoms with van der Waals surface area (Å²) < 4.78 is 13.3. The van der Waals surface area contributed by atoms with Gasteiger partial charge < -0.3 is 0 Å². The molecule has 16 heavy (non-hydrogen) atoms. The fraction of sp³-hybridized carbons (Fsp3) is 0. The lowest BCUT2D eigenvalue weighted by Crippen LogP contribution is -2.06. The molecule has 2 aromatic heterocycles. The summed E-state index contributed by atoms with van der Waals surface area (Å²) in [5.74, 6) is -1.15. The Morgan fingerprint density at radius 1 is 1.25 bits per heavy atom. The lowest BCUT2D eigenvalue weighted by atomic mass is 10.1. The van der Waals surface area contributed by atoms with E-state index in [0.717, 1.165) is 6.20 Å². The maximum absolute atomic E-state index is 13.3. The molecule has 0 spiro atoms. The number of ketones is 1. The van der Waals surface area contributed by atoms with Crippen LogP contribution in [0.3, 0.4) is 0 Å². The summed E-state index contributed by atoms with van der Waals surface area (Å²) in [4.78, 5) is 19.2. The van der Waals surface area contributed by atoms with Crippen LogP contribution >= 0.6 is 11.6 Å². The van der Waals surface area contributed by atoms with Crippen LogP contribution in [0, 0.1) is 5.82 Å². The van der Waals surface area contributed by atoms with Gasteiger partial charge in [-0.15, -0.1) is 0 Å². The van der Waals surface area contributed by atoms with E-state index >= 15 is 0 Å². The van der Waals surface area contributed by atoms with Crippen LogP contribution in [-0.2, 0) is 0 Å². The molecular weight excluding hydrogens is 231 g/mol. The fourth-order valence-electron chi connectivity index (χ4n) is 1.21. The number of hydrogen-bond donors (Lipinski definition) is 0. The van der Waals surface area contributed by atoms with Crippen molar-refractivity contribution >= 4 is 17.4 Å². The molecule has 0 atom stereocenters. The van der Waals surface area contributed by atoms with Crippen molar-refractivity contribution < 1.29 is 9.18 Å².